The van der Waals surface area contributed by atoms with Gasteiger partial charge in [0.05, 0.1) is 19.3 Å². The lowest BCUT2D eigenvalue weighted by atomic mass is 10.0. The second-order valence-electron chi connectivity index (χ2n) is 7.78. The molecule has 1 N–H and O–H groups in total. The van der Waals surface area contributed by atoms with Gasteiger partial charge in [0.15, 0.2) is 0 Å². The molecule has 1 aromatic heterocycles. The number of aryl methyl sites for hydroxylation is 3. The van der Waals surface area contributed by atoms with Gasteiger partial charge in [-0.15, -0.1) is 0 Å². The van der Waals surface area contributed by atoms with Gasteiger partial charge >= 0.3 is 0 Å². The van der Waals surface area contributed by atoms with Crippen LogP contribution in [0.15, 0.2) is 12.1 Å². The summed E-state index contributed by atoms with van der Waals surface area (Å²) in [5.74, 6) is 0.509. The molecular weight excluding hydrogens is 314 g/mol. The van der Waals surface area contributed by atoms with Gasteiger partial charge in [0, 0.05) is 36.5 Å². The number of ether oxygens (including phenoxy) is 1. The molecule has 134 valence electrons. The second-order valence-corrected chi connectivity index (χ2v) is 7.78. The van der Waals surface area contributed by atoms with E-state index in [1.807, 2.05) is 4.90 Å². The molecule has 1 aromatic carbocycles. The number of carbonyl (C=O) groups is 1. The number of nitrogens with zero attached hydrogens (tertiary/aromatic N) is 2. The van der Waals surface area contributed by atoms with E-state index in [-0.39, 0.29) is 11.9 Å². The number of hydrogen-bond donors (Lipinski definition) is 1. The number of benzene rings is 1. The van der Waals surface area contributed by atoms with Crippen molar-refractivity contribution in [3.05, 3.63) is 34.5 Å². The van der Waals surface area contributed by atoms with E-state index >= 15 is 0 Å². The number of aromatic nitrogens is 1. The molecule has 2 bridgehead atoms. The molecule has 2 fully saturated rings. The van der Waals surface area contributed by atoms with Gasteiger partial charge in [-0.25, -0.2) is 0 Å². The topological polar surface area (TPSA) is 48.6 Å². The Hall–Kier alpha value is -1.85. The lowest BCUT2D eigenvalue weighted by Gasteiger charge is -2.29. The third kappa shape index (κ3) is 2.75. The van der Waals surface area contributed by atoms with E-state index in [4.69, 9.17) is 4.74 Å². The molecule has 1 amide bonds. The number of carbonyl (C=O) groups excluding carboxylic acids is 1. The van der Waals surface area contributed by atoms with Crippen molar-refractivity contribution in [2.45, 2.75) is 26.8 Å². The molecule has 2 atom stereocenters. The highest BCUT2D eigenvalue weighted by molar-refractivity contribution is 6.02. The Kier molecular flexibility index (Phi) is 4.08. The summed E-state index contributed by atoms with van der Waals surface area (Å²) < 4.78 is 5.78. The van der Waals surface area contributed by atoms with Crippen molar-refractivity contribution >= 4 is 16.8 Å². The minimum absolute atomic E-state index is 0.125. The van der Waals surface area contributed by atoms with E-state index in [0.717, 1.165) is 43.0 Å². The van der Waals surface area contributed by atoms with Gasteiger partial charge < -0.3 is 14.6 Å². The molecule has 0 radical (unpaired) electrons. The van der Waals surface area contributed by atoms with Crippen LogP contribution in [0.1, 0.15) is 27.2 Å². The summed E-state index contributed by atoms with van der Waals surface area (Å²) in [6, 6.07) is 4.53. The summed E-state index contributed by atoms with van der Waals surface area (Å²) in [4.78, 5) is 21.1. The van der Waals surface area contributed by atoms with Crippen molar-refractivity contribution < 1.29 is 9.53 Å². The van der Waals surface area contributed by atoms with E-state index < -0.39 is 0 Å². The number of amides is 1. The average molecular weight is 341 g/mol. The highest BCUT2D eigenvalue weighted by Crippen LogP contribution is 2.29. The van der Waals surface area contributed by atoms with Gasteiger partial charge in [-0.3, -0.25) is 9.69 Å². The van der Waals surface area contributed by atoms with Crippen LogP contribution in [0.4, 0.5) is 0 Å². The molecule has 0 unspecified atom stereocenters. The third-order valence-electron chi connectivity index (χ3n) is 5.87. The SMILES string of the molecule is Cc1ccc(C)c2c(C)c(C(=O)N3C[C@@H]4COC[C@H](C3)N(C)C4)[nH]c12. The summed E-state index contributed by atoms with van der Waals surface area (Å²) in [5, 5.41) is 1.19. The number of aromatic amines is 1. The summed E-state index contributed by atoms with van der Waals surface area (Å²) in [6.45, 7) is 10.2. The van der Waals surface area contributed by atoms with Crippen LogP contribution in [0.5, 0.6) is 0 Å². The van der Waals surface area contributed by atoms with Crippen LogP contribution in [0.25, 0.3) is 10.9 Å². The lowest BCUT2D eigenvalue weighted by Crippen LogP contribution is -2.45. The standard InChI is InChI=1S/C20H27N3O2/c1-12-5-6-13(2)18-17(12)14(3)19(21-18)20(24)23-8-15-7-22(4)16(9-23)11-25-10-15/h5-6,15-16,21H,7-11H2,1-4H3/t15-,16+/m1/s1. The molecule has 0 saturated carbocycles. The molecule has 25 heavy (non-hydrogen) atoms. The van der Waals surface area contributed by atoms with Crippen molar-refractivity contribution in [1.29, 1.82) is 0 Å². The minimum Gasteiger partial charge on any atom is -0.379 e. The first-order chi connectivity index (χ1) is 12.0. The Bertz CT molecular complexity index is 826. The second kappa shape index (κ2) is 6.15. The fraction of sp³-hybridized carbons (Fsp3) is 0.550. The number of likely N-dealkylation sites (N-methyl/N-ethyl adjacent to an activating group) is 1. The predicted molar refractivity (Wildman–Crippen MR) is 99.1 cm³/mol. The molecule has 3 heterocycles. The monoisotopic (exact) mass is 341 g/mol. The maximum absolute atomic E-state index is 13.3. The van der Waals surface area contributed by atoms with Gasteiger partial charge in [-0.2, -0.15) is 0 Å². The average Bonchev–Trinajstić information content (AvgIpc) is 2.70. The van der Waals surface area contributed by atoms with Gasteiger partial charge in [0.25, 0.3) is 5.91 Å². The van der Waals surface area contributed by atoms with Gasteiger partial charge in [-0.05, 0) is 44.5 Å². The van der Waals surface area contributed by atoms with Crippen LogP contribution in [-0.2, 0) is 4.74 Å². The smallest absolute Gasteiger partial charge is 0.270 e. The van der Waals surface area contributed by atoms with Gasteiger partial charge in [0.2, 0.25) is 0 Å². The first-order valence-corrected chi connectivity index (χ1v) is 9.11. The molecule has 0 spiro atoms. The Morgan fingerprint density at radius 2 is 1.88 bits per heavy atom. The summed E-state index contributed by atoms with van der Waals surface area (Å²) in [6.07, 6.45) is 0. The zero-order valence-corrected chi connectivity index (χ0v) is 15.6. The fourth-order valence-corrected chi connectivity index (χ4v) is 4.39. The maximum Gasteiger partial charge on any atom is 0.270 e. The van der Waals surface area contributed by atoms with Crippen molar-refractivity contribution in [3.8, 4) is 0 Å². The van der Waals surface area contributed by atoms with Crippen LogP contribution in [0, 0.1) is 26.7 Å². The quantitative estimate of drug-likeness (QED) is 0.867. The van der Waals surface area contributed by atoms with E-state index in [1.165, 1.54) is 16.5 Å². The van der Waals surface area contributed by atoms with Crippen LogP contribution >= 0.6 is 0 Å². The zero-order chi connectivity index (χ0) is 17.7. The Balaban J connectivity index is 1.72. The number of fused-ring (bicyclic) bond motifs is 4. The zero-order valence-electron chi connectivity index (χ0n) is 15.6. The third-order valence-corrected chi connectivity index (χ3v) is 5.87. The summed E-state index contributed by atoms with van der Waals surface area (Å²) in [7, 11) is 2.14. The Morgan fingerprint density at radius 1 is 1.12 bits per heavy atom. The molecule has 2 aliphatic rings. The minimum atomic E-state index is 0.125. The highest BCUT2D eigenvalue weighted by atomic mass is 16.5. The molecule has 0 aliphatic carbocycles. The Labute approximate surface area is 148 Å². The fourth-order valence-electron chi connectivity index (χ4n) is 4.39. The largest absolute Gasteiger partial charge is 0.379 e. The lowest BCUT2D eigenvalue weighted by molar-refractivity contribution is 0.0430. The maximum atomic E-state index is 13.3. The highest BCUT2D eigenvalue weighted by Gasteiger charge is 2.34. The van der Waals surface area contributed by atoms with Crippen molar-refractivity contribution in [1.82, 2.24) is 14.8 Å². The number of H-pyrrole nitrogens is 1. The van der Waals surface area contributed by atoms with Crippen molar-refractivity contribution in [2.75, 3.05) is 39.9 Å². The van der Waals surface area contributed by atoms with Gasteiger partial charge in [-0.1, -0.05) is 12.1 Å². The predicted octanol–water partition coefficient (Wildman–Crippen LogP) is 2.50. The number of hydrogen-bond acceptors (Lipinski definition) is 3. The summed E-state index contributed by atoms with van der Waals surface area (Å²) >= 11 is 0. The first-order valence-electron chi connectivity index (χ1n) is 9.11. The van der Waals surface area contributed by atoms with Crippen molar-refractivity contribution in [3.63, 3.8) is 0 Å². The van der Waals surface area contributed by atoms with Crippen LogP contribution in [0.3, 0.4) is 0 Å². The molecule has 2 aromatic rings. The molecule has 4 rings (SSSR count). The van der Waals surface area contributed by atoms with Gasteiger partial charge in [0.1, 0.15) is 5.69 Å². The summed E-state index contributed by atoms with van der Waals surface area (Å²) in [5.41, 5.74) is 5.31. The van der Waals surface area contributed by atoms with Crippen LogP contribution < -0.4 is 0 Å². The first kappa shape index (κ1) is 16.6. The van der Waals surface area contributed by atoms with E-state index in [1.54, 1.807) is 0 Å². The molecule has 2 saturated heterocycles. The van der Waals surface area contributed by atoms with Crippen molar-refractivity contribution in [2.24, 2.45) is 5.92 Å². The molecular formula is C20H27N3O2. The van der Waals surface area contributed by atoms with E-state index in [9.17, 15) is 4.79 Å². The Morgan fingerprint density at radius 3 is 2.64 bits per heavy atom. The normalized spacial score (nSPS) is 24.6. The number of rotatable bonds is 1. The van der Waals surface area contributed by atoms with Crippen LogP contribution in [-0.4, -0.2) is 66.6 Å². The van der Waals surface area contributed by atoms with E-state index in [0.29, 0.717) is 12.5 Å². The molecule has 5 heteroatoms. The molecule has 5 nitrogen and oxygen atoms in total. The number of nitrogens with one attached hydrogen (secondary N) is 1. The van der Waals surface area contributed by atoms with Crippen LogP contribution in [0.2, 0.25) is 0 Å². The van der Waals surface area contributed by atoms with E-state index in [2.05, 4.69) is 49.8 Å². The molecule has 2 aliphatic heterocycles.